The topological polar surface area (TPSA) is 64.1 Å². The van der Waals surface area contributed by atoms with Crippen molar-refractivity contribution in [2.45, 2.75) is 32.9 Å². The van der Waals surface area contributed by atoms with E-state index in [1.165, 1.54) is 5.56 Å². The van der Waals surface area contributed by atoms with Gasteiger partial charge in [-0.3, -0.25) is 0 Å². The van der Waals surface area contributed by atoms with Gasteiger partial charge in [-0.15, -0.1) is 0 Å². The van der Waals surface area contributed by atoms with E-state index in [0.717, 1.165) is 41.7 Å². The van der Waals surface area contributed by atoms with Crippen LogP contribution >= 0.6 is 0 Å². The van der Waals surface area contributed by atoms with E-state index in [2.05, 4.69) is 23.6 Å². The lowest BCUT2D eigenvalue weighted by Crippen LogP contribution is -2.41. The molecule has 6 heteroatoms. The molecule has 0 aliphatic carbocycles. The molecule has 150 valence electrons. The molecule has 1 aliphatic rings. The molecule has 1 aliphatic heterocycles. The number of nitrogens with one attached hydrogen (secondary N) is 2. The van der Waals surface area contributed by atoms with Crippen LogP contribution in [0.5, 0.6) is 17.2 Å². The van der Waals surface area contributed by atoms with Gasteiger partial charge in [0, 0.05) is 18.5 Å². The highest BCUT2D eigenvalue weighted by molar-refractivity contribution is 5.80. The second kappa shape index (κ2) is 9.88. The Morgan fingerprint density at radius 2 is 2.04 bits per heavy atom. The van der Waals surface area contributed by atoms with Gasteiger partial charge >= 0.3 is 0 Å². The van der Waals surface area contributed by atoms with Crippen molar-refractivity contribution >= 4 is 5.96 Å². The highest BCUT2D eigenvalue weighted by atomic mass is 16.5. The Labute approximate surface area is 166 Å². The Morgan fingerprint density at radius 1 is 1.18 bits per heavy atom. The van der Waals surface area contributed by atoms with Gasteiger partial charge < -0.3 is 24.8 Å². The van der Waals surface area contributed by atoms with Gasteiger partial charge in [0.15, 0.2) is 17.5 Å². The zero-order valence-electron chi connectivity index (χ0n) is 16.8. The normalized spacial score (nSPS) is 16.0. The number of para-hydroxylation sites is 1. The average Bonchev–Trinajstić information content (AvgIpc) is 2.73. The molecule has 0 saturated heterocycles. The standard InChI is InChI=1S/C22H29N3O3/c1-4-23-22(25-18-12-13-28-19-9-7-6-8-17(18)19)24-15-16-10-11-20(26-3)21(14-16)27-5-2/h6-11,14,18H,4-5,12-13,15H2,1-3H3,(H2,23,24,25). The molecule has 3 rings (SSSR count). The monoisotopic (exact) mass is 383 g/mol. The molecule has 2 aromatic carbocycles. The van der Waals surface area contributed by atoms with Crippen LogP contribution in [0, 0.1) is 0 Å². The van der Waals surface area contributed by atoms with Crippen molar-refractivity contribution in [1.29, 1.82) is 0 Å². The van der Waals surface area contributed by atoms with Crippen LogP contribution in [0.3, 0.4) is 0 Å². The summed E-state index contributed by atoms with van der Waals surface area (Å²) in [5.74, 6) is 3.21. The average molecular weight is 383 g/mol. The lowest BCUT2D eigenvalue weighted by atomic mass is 10.0. The minimum atomic E-state index is 0.178. The maximum Gasteiger partial charge on any atom is 0.192 e. The fourth-order valence-corrected chi connectivity index (χ4v) is 3.24. The Kier molecular flexibility index (Phi) is 7.00. The van der Waals surface area contributed by atoms with E-state index >= 15 is 0 Å². The van der Waals surface area contributed by atoms with E-state index < -0.39 is 0 Å². The molecule has 0 saturated carbocycles. The molecule has 0 aromatic heterocycles. The quantitative estimate of drug-likeness (QED) is 0.564. The minimum absolute atomic E-state index is 0.178. The fourth-order valence-electron chi connectivity index (χ4n) is 3.24. The highest BCUT2D eigenvalue weighted by Crippen LogP contribution is 2.31. The first-order chi connectivity index (χ1) is 13.7. The van der Waals surface area contributed by atoms with Crippen LogP contribution in [-0.4, -0.2) is 32.8 Å². The SMILES string of the molecule is CCNC(=NCc1ccc(OC)c(OCC)c1)NC1CCOc2ccccc21. The third-order valence-electron chi connectivity index (χ3n) is 4.56. The Hall–Kier alpha value is -2.89. The fraction of sp³-hybridized carbons (Fsp3) is 0.409. The Bertz CT molecular complexity index is 807. The summed E-state index contributed by atoms with van der Waals surface area (Å²) in [5.41, 5.74) is 2.23. The third-order valence-corrected chi connectivity index (χ3v) is 4.56. The first-order valence-electron chi connectivity index (χ1n) is 9.81. The van der Waals surface area contributed by atoms with Crippen LogP contribution in [0.1, 0.15) is 37.4 Å². The van der Waals surface area contributed by atoms with Gasteiger partial charge in [0.1, 0.15) is 5.75 Å². The number of guanidine groups is 1. The molecule has 2 N–H and O–H groups in total. The number of benzene rings is 2. The largest absolute Gasteiger partial charge is 0.493 e. The van der Waals surface area contributed by atoms with Crippen molar-refractivity contribution in [2.75, 3.05) is 26.9 Å². The molecule has 1 heterocycles. The van der Waals surface area contributed by atoms with Gasteiger partial charge in [0.25, 0.3) is 0 Å². The number of rotatable bonds is 7. The maximum absolute atomic E-state index is 5.76. The molecule has 0 amide bonds. The number of hydrogen-bond acceptors (Lipinski definition) is 4. The number of nitrogens with zero attached hydrogens (tertiary/aromatic N) is 1. The van der Waals surface area contributed by atoms with Gasteiger partial charge in [0.05, 0.1) is 32.9 Å². The van der Waals surface area contributed by atoms with Crippen molar-refractivity contribution < 1.29 is 14.2 Å². The second-order valence-electron chi connectivity index (χ2n) is 6.49. The summed E-state index contributed by atoms with van der Waals surface area (Å²) in [6.07, 6.45) is 0.901. The summed E-state index contributed by atoms with van der Waals surface area (Å²) < 4.78 is 16.8. The lowest BCUT2D eigenvalue weighted by Gasteiger charge is -2.28. The van der Waals surface area contributed by atoms with E-state index in [1.807, 2.05) is 43.3 Å². The van der Waals surface area contributed by atoms with Crippen molar-refractivity contribution in [3.05, 3.63) is 53.6 Å². The Morgan fingerprint density at radius 3 is 2.82 bits per heavy atom. The first kappa shape index (κ1) is 19.9. The first-order valence-corrected chi connectivity index (χ1v) is 9.81. The van der Waals surface area contributed by atoms with Crippen LogP contribution in [0.2, 0.25) is 0 Å². The molecule has 1 atom stereocenters. The van der Waals surface area contributed by atoms with Gasteiger partial charge in [-0.25, -0.2) is 4.99 Å². The predicted molar refractivity (Wildman–Crippen MR) is 111 cm³/mol. The second-order valence-corrected chi connectivity index (χ2v) is 6.49. The summed E-state index contributed by atoms with van der Waals surface area (Å²) in [7, 11) is 1.65. The van der Waals surface area contributed by atoms with E-state index in [4.69, 9.17) is 19.2 Å². The van der Waals surface area contributed by atoms with Gasteiger partial charge in [-0.05, 0) is 37.6 Å². The molecule has 0 fully saturated rings. The maximum atomic E-state index is 5.76. The number of fused-ring (bicyclic) bond motifs is 1. The molecular formula is C22H29N3O3. The van der Waals surface area contributed by atoms with E-state index in [1.54, 1.807) is 7.11 Å². The van der Waals surface area contributed by atoms with Crippen molar-refractivity contribution in [2.24, 2.45) is 4.99 Å². The molecule has 1 unspecified atom stereocenters. The molecule has 0 bridgehead atoms. The lowest BCUT2D eigenvalue weighted by molar-refractivity contribution is 0.261. The van der Waals surface area contributed by atoms with Gasteiger partial charge in [0.2, 0.25) is 0 Å². The van der Waals surface area contributed by atoms with Crippen LogP contribution in [0.25, 0.3) is 0 Å². The van der Waals surface area contributed by atoms with Crippen molar-refractivity contribution in [1.82, 2.24) is 10.6 Å². The van der Waals surface area contributed by atoms with Gasteiger partial charge in [-0.2, -0.15) is 0 Å². The molecule has 6 nitrogen and oxygen atoms in total. The van der Waals surface area contributed by atoms with Gasteiger partial charge in [-0.1, -0.05) is 24.3 Å². The summed E-state index contributed by atoms with van der Waals surface area (Å²) in [6, 6.07) is 14.3. The highest BCUT2D eigenvalue weighted by Gasteiger charge is 2.21. The van der Waals surface area contributed by atoms with Crippen LogP contribution in [0.4, 0.5) is 0 Å². The summed E-state index contributed by atoms with van der Waals surface area (Å²) in [6.45, 7) is 6.66. The smallest absolute Gasteiger partial charge is 0.192 e. The zero-order chi connectivity index (χ0) is 19.8. The van der Waals surface area contributed by atoms with Crippen molar-refractivity contribution in [3.8, 4) is 17.2 Å². The molecular weight excluding hydrogens is 354 g/mol. The van der Waals surface area contributed by atoms with E-state index in [0.29, 0.717) is 19.8 Å². The number of aliphatic imine (C=N–C) groups is 1. The molecule has 0 spiro atoms. The van der Waals surface area contributed by atoms with E-state index in [9.17, 15) is 0 Å². The Balaban J connectivity index is 1.74. The number of methoxy groups -OCH3 is 1. The van der Waals surface area contributed by atoms with Crippen LogP contribution < -0.4 is 24.8 Å². The van der Waals surface area contributed by atoms with E-state index in [-0.39, 0.29) is 6.04 Å². The molecule has 0 radical (unpaired) electrons. The number of ether oxygens (including phenoxy) is 3. The van der Waals surface area contributed by atoms with Crippen molar-refractivity contribution in [3.63, 3.8) is 0 Å². The van der Waals surface area contributed by atoms with Crippen LogP contribution in [0.15, 0.2) is 47.5 Å². The van der Waals surface area contributed by atoms with Crippen LogP contribution in [-0.2, 0) is 6.54 Å². The summed E-state index contributed by atoms with van der Waals surface area (Å²) in [5, 5.41) is 6.88. The molecule has 28 heavy (non-hydrogen) atoms. The summed E-state index contributed by atoms with van der Waals surface area (Å²) >= 11 is 0. The third kappa shape index (κ3) is 4.88. The number of hydrogen-bond donors (Lipinski definition) is 2. The summed E-state index contributed by atoms with van der Waals surface area (Å²) in [4.78, 5) is 4.76. The zero-order valence-corrected chi connectivity index (χ0v) is 16.8. The minimum Gasteiger partial charge on any atom is -0.493 e. The molecule has 2 aromatic rings. The predicted octanol–water partition coefficient (Wildman–Crippen LogP) is 3.67.